The van der Waals surface area contributed by atoms with Crippen LogP contribution in [0.15, 0.2) is 53.0 Å². The lowest BCUT2D eigenvalue weighted by atomic mass is 10.2. The lowest BCUT2D eigenvalue weighted by Gasteiger charge is -2.36. The Labute approximate surface area is 180 Å². The molecule has 0 bridgehead atoms. The van der Waals surface area contributed by atoms with Gasteiger partial charge in [-0.1, -0.05) is 15.9 Å². The van der Waals surface area contributed by atoms with Crippen LogP contribution in [0.3, 0.4) is 0 Å². The van der Waals surface area contributed by atoms with Crippen LogP contribution >= 0.6 is 15.9 Å². The summed E-state index contributed by atoms with van der Waals surface area (Å²) in [7, 11) is 0. The number of ether oxygens (including phenoxy) is 1. The van der Waals surface area contributed by atoms with Gasteiger partial charge in [-0.15, -0.1) is 0 Å². The number of carbonyl (C=O) groups excluding carboxylic acids is 2. The zero-order valence-corrected chi connectivity index (χ0v) is 18.5. The number of nitrogens with zero attached hydrogens (tertiary/aromatic N) is 2. The molecule has 1 aliphatic heterocycles. The van der Waals surface area contributed by atoms with E-state index in [0.717, 1.165) is 28.9 Å². The maximum absolute atomic E-state index is 12.3. The summed E-state index contributed by atoms with van der Waals surface area (Å²) in [5.41, 5.74) is 1.94. The lowest BCUT2D eigenvalue weighted by Crippen LogP contribution is -2.50. The Balaban J connectivity index is 1.54. The monoisotopic (exact) mass is 459 g/mol. The van der Waals surface area contributed by atoms with Crippen molar-refractivity contribution >= 4 is 39.3 Å². The van der Waals surface area contributed by atoms with E-state index in [9.17, 15) is 9.59 Å². The highest BCUT2D eigenvalue weighted by atomic mass is 79.9. The molecule has 1 fully saturated rings. The minimum absolute atomic E-state index is 0.142. The number of hydrogen-bond donors (Lipinski definition) is 1. The Morgan fingerprint density at radius 3 is 2.07 bits per heavy atom. The molecule has 2 amide bonds. The van der Waals surface area contributed by atoms with Gasteiger partial charge in [0.15, 0.2) is 0 Å². The summed E-state index contributed by atoms with van der Waals surface area (Å²) < 4.78 is 6.37. The Morgan fingerprint density at radius 2 is 1.52 bits per heavy atom. The number of hydrogen-bond acceptors (Lipinski definition) is 4. The van der Waals surface area contributed by atoms with E-state index in [1.807, 2.05) is 57.2 Å². The molecule has 1 heterocycles. The van der Waals surface area contributed by atoms with Crippen molar-refractivity contribution in [1.29, 1.82) is 0 Å². The molecule has 6 nitrogen and oxygen atoms in total. The van der Waals surface area contributed by atoms with Gasteiger partial charge in [-0.05, 0) is 69.3 Å². The predicted molar refractivity (Wildman–Crippen MR) is 119 cm³/mol. The summed E-state index contributed by atoms with van der Waals surface area (Å²) in [6.45, 7) is 8.34. The minimum atomic E-state index is -0.481. The van der Waals surface area contributed by atoms with Gasteiger partial charge in [0.25, 0.3) is 5.91 Å². The van der Waals surface area contributed by atoms with Gasteiger partial charge in [0.05, 0.1) is 0 Å². The van der Waals surface area contributed by atoms with Crippen molar-refractivity contribution in [1.82, 2.24) is 4.90 Å². The van der Waals surface area contributed by atoms with Crippen LogP contribution in [0.1, 0.15) is 31.1 Å². The maximum Gasteiger partial charge on any atom is 0.410 e. The van der Waals surface area contributed by atoms with E-state index in [4.69, 9.17) is 4.74 Å². The highest BCUT2D eigenvalue weighted by molar-refractivity contribution is 9.10. The van der Waals surface area contributed by atoms with E-state index in [0.29, 0.717) is 18.7 Å². The first-order valence-corrected chi connectivity index (χ1v) is 10.4. The molecule has 29 heavy (non-hydrogen) atoms. The van der Waals surface area contributed by atoms with Crippen LogP contribution in [0.2, 0.25) is 0 Å². The molecule has 1 N–H and O–H groups in total. The van der Waals surface area contributed by atoms with Crippen LogP contribution in [-0.2, 0) is 4.74 Å². The molecule has 0 radical (unpaired) electrons. The quantitative estimate of drug-likeness (QED) is 0.718. The highest BCUT2D eigenvalue weighted by Gasteiger charge is 2.25. The van der Waals surface area contributed by atoms with Crippen molar-refractivity contribution in [2.45, 2.75) is 26.4 Å². The van der Waals surface area contributed by atoms with Gasteiger partial charge in [0.2, 0.25) is 0 Å². The molecule has 0 aromatic heterocycles. The number of carbonyl (C=O) groups is 2. The van der Waals surface area contributed by atoms with E-state index >= 15 is 0 Å². The van der Waals surface area contributed by atoms with Crippen LogP contribution in [0.25, 0.3) is 0 Å². The third kappa shape index (κ3) is 5.97. The highest BCUT2D eigenvalue weighted by Crippen LogP contribution is 2.21. The zero-order chi connectivity index (χ0) is 21.0. The minimum Gasteiger partial charge on any atom is -0.444 e. The third-order valence-corrected chi connectivity index (χ3v) is 5.06. The van der Waals surface area contributed by atoms with Crippen LogP contribution in [0, 0.1) is 0 Å². The SMILES string of the molecule is CC(C)(C)OC(=O)N1CCN(c2ccc(NC(=O)c3ccc(Br)cc3)cc2)CC1. The van der Waals surface area contributed by atoms with Crippen molar-refractivity contribution in [3.8, 4) is 0 Å². The second-order valence-corrected chi connectivity index (χ2v) is 8.88. The number of nitrogens with one attached hydrogen (secondary N) is 1. The van der Waals surface area contributed by atoms with Gasteiger partial charge < -0.3 is 19.9 Å². The van der Waals surface area contributed by atoms with Gasteiger partial charge in [-0.3, -0.25) is 4.79 Å². The molecule has 1 saturated heterocycles. The smallest absolute Gasteiger partial charge is 0.410 e. The van der Waals surface area contributed by atoms with Crippen molar-refractivity contribution in [3.05, 3.63) is 58.6 Å². The van der Waals surface area contributed by atoms with Crippen molar-refractivity contribution < 1.29 is 14.3 Å². The van der Waals surface area contributed by atoms with Gasteiger partial charge in [-0.2, -0.15) is 0 Å². The van der Waals surface area contributed by atoms with Gasteiger partial charge in [-0.25, -0.2) is 4.79 Å². The summed E-state index contributed by atoms with van der Waals surface area (Å²) in [6.07, 6.45) is -0.261. The molecule has 0 aliphatic carbocycles. The number of rotatable bonds is 3. The fourth-order valence-electron chi connectivity index (χ4n) is 3.03. The summed E-state index contributed by atoms with van der Waals surface area (Å²) in [5.74, 6) is -0.142. The standard InChI is InChI=1S/C22H26BrN3O3/c1-22(2,3)29-21(28)26-14-12-25(13-15-26)19-10-8-18(9-11-19)24-20(27)16-4-6-17(23)7-5-16/h4-11H,12-15H2,1-3H3,(H,24,27). The number of anilines is 2. The molecule has 0 saturated carbocycles. The van der Waals surface area contributed by atoms with Crippen molar-refractivity contribution in [2.75, 3.05) is 36.4 Å². The Kier molecular flexibility index (Phi) is 6.47. The van der Waals surface area contributed by atoms with E-state index in [-0.39, 0.29) is 12.0 Å². The van der Waals surface area contributed by atoms with E-state index in [1.165, 1.54) is 0 Å². The third-order valence-electron chi connectivity index (χ3n) is 4.53. The van der Waals surface area contributed by atoms with Crippen LogP contribution in [-0.4, -0.2) is 48.7 Å². The second kappa shape index (κ2) is 8.86. The molecular formula is C22H26BrN3O3. The molecule has 154 valence electrons. The normalized spacial score (nSPS) is 14.5. The molecule has 1 aliphatic rings. The van der Waals surface area contributed by atoms with Gasteiger partial charge in [0.1, 0.15) is 5.60 Å². The zero-order valence-electron chi connectivity index (χ0n) is 16.9. The van der Waals surface area contributed by atoms with Gasteiger partial charge in [0, 0.05) is 47.6 Å². The first-order chi connectivity index (χ1) is 13.7. The molecule has 3 rings (SSSR count). The molecule has 0 unspecified atom stereocenters. The average molecular weight is 460 g/mol. The number of piperazine rings is 1. The molecule has 2 aromatic rings. The summed E-state index contributed by atoms with van der Waals surface area (Å²) in [4.78, 5) is 28.5. The number of benzene rings is 2. The Morgan fingerprint density at radius 1 is 0.931 bits per heavy atom. The Bertz CT molecular complexity index is 852. The Hall–Kier alpha value is -2.54. The van der Waals surface area contributed by atoms with Crippen LogP contribution < -0.4 is 10.2 Å². The van der Waals surface area contributed by atoms with Gasteiger partial charge >= 0.3 is 6.09 Å². The van der Waals surface area contributed by atoms with E-state index in [1.54, 1.807) is 17.0 Å². The molecule has 2 aromatic carbocycles. The fraction of sp³-hybridized carbons (Fsp3) is 0.364. The van der Waals surface area contributed by atoms with E-state index < -0.39 is 5.60 Å². The van der Waals surface area contributed by atoms with E-state index in [2.05, 4.69) is 26.1 Å². The average Bonchev–Trinajstić information content (AvgIpc) is 2.68. The number of halogens is 1. The first kappa shape index (κ1) is 21.2. The molecule has 0 spiro atoms. The molecular weight excluding hydrogens is 434 g/mol. The fourth-order valence-corrected chi connectivity index (χ4v) is 3.30. The molecule has 0 atom stereocenters. The van der Waals surface area contributed by atoms with Crippen molar-refractivity contribution in [3.63, 3.8) is 0 Å². The lowest BCUT2D eigenvalue weighted by molar-refractivity contribution is 0.0240. The van der Waals surface area contributed by atoms with Crippen LogP contribution in [0.5, 0.6) is 0 Å². The topological polar surface area (TPSA) is 61.9 Å². The molecule has 7 heteroatoms. The summed E-state index contributed by atoms with van der Waals surface area (Å²) >= 11 is 3.37. The maximum atomic E-state index is 12.3. The summed E-state index contributed by atoms with van der Waals surface area (Å²) in [6, 6.07) is 15.0. The first-order valence-electron chi connectivity index (χ1n) is 9.61. The summed E-state index contributed by atoms with van der Waals surface area (Å²) in [5, 5.41) is 2.91. The number of amides is 2. The van der Waals surface area contributed by atoms with Crippen LogP contribution in [0.4, 0.5) is 16.2 Å². The predicted octanol–water partition coefficient (Wildman–Crippen LogP) is 4.76. The second-order valence-electron chi connectivity index (χ2n) is 7.96. The largest absolute Gasteiger partial charge is 0.444 e. The van der Waals surface area contributed by atoms with Crippen molar-refractivity contribution in [2.24, 2.45) is 0 Å².